The van der Waals surface area contributed by atoms with Gasteiger partial charge in [0.1, 0.15) is 6.33 Å². The van der Waals surface area contributed by atoms with Crippen LogP contribution in [0.3, 0.4) is 0 Å². The van der Waals surface area contributed by atoms with Gasteiger partial charge >= 0.3 is 0 Å². The summed E-state index contributed by atoms with van der Waals surface area (Å²) in [6.45, 7) is 2.75. The number of hydrogen-bond donors (Lipinski definition) is 1. The first kappa shape index (κ1) is 8.74. The SMILES string of the molecule is Cc1ccccc1Cn1ncnc1N. The second-order valence-corrected chi connectivity index (χ2v) is 3.20. The van der Waals surface area contributed by atoms with E-state index >= 15 is 0 Å². The van der Waals surface area contributed by atoms with Gasteiger partial charge in [-0.25, -0.2) is 9.67 Å². The fourth-order valence-electron chi connectivity index (χ4n) is 1.34. The Morgan fingerprint density at radius 2 is 2.14 bits per heavy atom. The van der Waals surface area contributed by atoms with Crippen LogP contribution in [0.2, 0.25) is 0 Å². The molecule has 2 rings (SSSR count). The van der Waals surface area contributed by atoms with E-state index in [0.29, 0.717) is 12.5 Å². The molecule has 2 aromatic rings. The normalized spacial score (nSPS) is 10.4. The number of benzene rings is 1. The first-order chi connectivity index (χ1) is 6.77. The number of anilines is 1. The third kappa shape index (κ3) is 1.59. The van der Waals surface area contributed by atoms with Crippen molar-refractivity contribution < 1.29 is 0 Å². The summed E-state index contributed by atoms with van der Waals surface area (Å²) in [6, 6.07) is 8.16. The van der Waals surface area contributed by atoms with Crippen LogP contribution in [-0.2, 0) is 6.54 Å². The van der Waals surface area contributed by atoms with Crippen LogP contribution in [0.5, 0.6) is 0 Å². The van der Waals surface area contributed by atoms with Crippen LogP contribution in [-0.4, -0.2) is 14.8 Å². The maximum atomic E-state index is 5.63. The Hall–Kier alpha value is -1.84. The van der Waals surface area contributed by atoms with Crippen molar-refractivity contribution in [2.45, 2.75) is 13.5 Å². The Morgan fingerprint density at radius 1 is 1.36 bits per heavy atom. The highest BCUT2D eigenvalue weighted by molar-refractivity contribution is 5.27. The molecule has 0 fully saturated rings. The number of hydrogen-bond acceptors (Lipinski definition) is 3. The molecule has 4 heteroatoms. The number of aryl methyl sites for hydroxylation is 1. The lowest BCUT2D eigenvalue weighted by molar-refractivity contribution is 0.693. The molecule has 0 aliphatic rings. The Labute approximate surface area is 82.4 Å². The Balaban J connectivity index is 2.28. The molecule has 0 bridgehead atoms. The van der Waals surface area contributed by atoms with Crippen molar-refractivity contribution in [2.24, 2.45) is 0 Å². The van der Waals surface area contributed by atoms with Crippen LogP contribution in [0, 0.1) is 6.92 Å². The molecular formula is C10H12N4. The molecule has 0 unspecified atom stereocenters. The maximum Gasteiger partial charge on any atom is 0.218 e. The summed E-state index contributed by atoms with van der Waals surface area (Å²) in [7, 11) is 0. The van der Waals surface area contributed by atoms with E-state index in [1.807, 2.05) is 12.1 Å². The summed E-state index contributed by atoms with van der Waals surface area (Å²) < 4.78 is 1.68. The highest BCUT2D eigenvalue weighted by Gasteiger charge is 2.02. The lowest BCUT2D eigenvalue weighted by Crippen LogP contribution is -2.07. The van der Waals surface area contributed by atoms with E-state index in [4.69, 9.17) is 5.73 Å². The standard InChI is InChI=1S/C10H12N4/c1-8-4-2-3-5-9(8)6-14-10(11)12-7-13-14/h2-5,7H,6H2,1H3,(H2,11,12,13). The molecule has 4 nitrogen and oxygen atoms in total. The molecule has 0 spiro atoms. The van der Waals surface area contributed by atoms with Crippen molar-refractivity contribution >= 4 is 5.95 Å². The van der Waals surface area contributed by atoms with Gasteiger partial charge in [-0.05, 0) is 18.1 Å². The van der Waals surface area contributed by atoms with Gasteiger partial charge in [0.15, 0.2) is 0 Å². The van der Waals surface area contributed by atoms with Gasteiger partial charge in [-0.15, -0.1) is 0 Å². The molecule has 0 saturated heterocycles. The minimum Gasteiger partial charge on any atom is -0.368 e. The molecule has 0 atom stereocenters. The number of nitrogen functional groups attached to an aromatic ring is 1. The average Bonchev–Trinajstić information content (AvgIpc) is 2.56. The van der Waals surface area contributed by atoms with Crippen molar-refractivity contribution in [1.29, 1.82) is 0 Å². The maximum absolute atomic E-state index is 5.63. The number of aromatic nitrogens is 3. The first-order valence-corrected chi connectivity index (χ1v) is 4.45. The zero-order chi connectivity index (χ0) is 9.97. The molecule has 0 saturated carbocycles. The third-order valence-electron chi connectivity index (χ3n) is 2.23. The molecule has 0 aliphatic heterocycles. The zero-order valence-electron chi connectivity index (χ0n) is 8.01. The molecule has 0 amide bonds. The zero-order valence-corrected chi connectivity index (χ0v) is 8.01. The van der Waals surface area contributed by atoms with E-state index in [2.05, 4.69) is 29.1 Å². The summed E-state index contributed by atoms with van der Waals surface area (Å²) in [5, 5.41) is 4.03. The molecule has 14 heavy (non-hydrogen) atoms. The molecule has 1 heterocycles. The monoisotopic (exact) mass is 188 g/mol. The van der Waals surface area contributed by atoms with Crippen LogP contribution in [0.1, 0.15) is 11.1 Å². The van der Waals surface area contributed by atoms with Crippen molar-refractivity contribution in [2.75, 3.05) is 5.73 Å². The minimum atomic E-state index is 0.452. The van der Waals surface area contributed by atoms with E-state index in [0.717, 1.165) is 0 Å². The van der Waals surface area contributed by atoms with Crippen molar-refractivity contribution in [3.05, 3.63) is 41.7 Å². The Kier molecular flexibility index (Phi) is 2.18. The number of rotatable bonds is 2. The highest BCUT2D eigenvalue weighted by atomic mass is 15.4. The number of nitrogens with two attached hydrogens (primary N) is 1. The largest absolute Gasteiger partial charge is 0.368 e. The lowest BCUT2D eigenvalue weighted by Gasteiger charge is -2.05. The smallest absolute Gasteiger partial charge is 0.218 e. The molecule has 1 aromatic carbocycles. The summed E-state index contributed by atoms with van der Waals surface area (Å²) in [5.74, 6) is 0.452. The van der Waals surface area contributed by atoms with Gasteiger partial charge in [-0.2, -0.15) is 5.10 Å². The van der Waals surface area contributed by atoms with Gasteiger partial charge in [-0.1, -0.05) is 24.3 Å². The van der Waals surface area contributed by atoms with Crippen LogP contribution >= 0.6 is 0 Å². The predicted molar refractivity (Wildman–Crippen MR) is 54.7 cm³/mol. The number of nitrogens with zero attached hydrogens (tertiary/aromatic N) is 3. The molecule has 0 aliphatic carbocycles. The topological polar surface area (TPSA) is 56.7 Å². The van der Waals surface area contributed by atoms with Crippen LogP contribution in [0.15, 0.2) is 30.6 Å². The summed E-state index contributed by atoms with van der Waals surface area (Å²) in [6.07, 6.45) is 1.47. The second kappa shape index (κ2) is 3.49. The molecule has 0 radical (unpaired) electrons. The van der Waals surface area contributed by atoms with Crippen LogP contribution in [0.25, 0.3) is 0 Å². The molecule has 1 aromatic heterocycles. The highest BCUT2D eigenvalue weighted by Crippen LogP contribution is 2.09. The minimum absolute atomic E-state index is 0.452. The molecular weight excluding hydrogens is 176 g/mol. The van der Waals surface area contributed by atoms with Crippen molar-refractivity contribution in [1.82, 2.24) is 14.8 Å². The van der Waals surface area contributed by atoms with Gasteiger partial charge in [0, 0.05) is 0 Å². The van der Waals surface area contributed by atoms with E-state index in [9.17, 15) is 0 Å². The van der Waals surface area contributed by atoms with Crippen LogP contribution in [0.4, 0.5) is 5.95 Å². The summed E-state index contributed by atoms with van der Waals surface area (Å²) >= 11 is 0. The van der Waals surface area contributed by atoms with Gasteiger partial charge < -0.3 is 5.73 Å². The fourth-order valence-corrected chi connectivity index (χ4v) is 1.34. The van der Waals surface area contributed by atoms with Crippen molar-refractivity contribution in [3.63, 3.8) is 0 Å². The summed E-state index contributed by atoms with van der Waals surface area (Å²) in [4.78, 5) is 3.87. The second-order valence-electron chi connectivity index (χ2n) is 3.20. The van der Waals surface area contributed by atoms with Gasteiger partial charge in [-0.3, -0.25) is 0 Å². The first-order valence-electron chi connectivity index (χ1n) is 4.45. The van der Waals surface area contributed by atoms with E-state index in [1.165, 1.54) is 17.5 Å². The lowest BCUT2D eigenvalue weighted by atomic mass is 10.1. The quantitative estimate of drug-likeness (QED) is 0.770. The van der Waals surface area contributed by atoms with Gasteiger partial charge in [0.25, 0.3) is 0 Å². The molecule has 2 N–H and O–H groups in total. The van der Waals surface area contributed by atoms with E-state index in [-0.39, 0.29) is 0 Å². The Bertz CT molecular complexity index is 433. The predicted octanol–water partition coefficient (Wildman–Crippen LogP) is 1.22. The van der Waals surface area contributed by atoms with E-state index < -0.39 is 0 Å². The Morgan fingerprint density at radius 3 is 2.79 bits per heavy atom. The third-order valence-corrected chi connectivity index (χ3v) is 2.23. The van der Waals surface area contributed by atoms with Gasteiger partial charge in [0.2, 0.25) is 5.95 Å². The summed E-state index contributed by atoms with van der Waals surface area (Å²) in [5.41, 5.74) is 8.08. The molecule has 72 valence electrons. The van der Waals surface area contributed by atoms with Crippen LogP contribution < -0.4 is 5.73 Å². The van der Waals surface area contributed by atoms with Gasteiger partial charge in [0.05, 0.1) is 6.54 Å². The fraction of sp³-hybridized carbons (Fsp3) is 0.200. The van der Waals surface area contributed by atoms with Crippen molar-refractivity contribution in [3.8, 4) is 0 Å². The van der Waals surface area contributed by atoms with E-state index in [1.54, 1.807) is 4.68 Å². The average molecular weight is 188 g/mol.